The lowest BCUT2D eigenvalue weighted by Crippen LogP contribution is -2.21. The van der Waals surface area contributed by atoms with Crippen LogP contribution in [0.4, 0.5) is 14.5 Å². The van der Waals surface area contributed by atoms with Crippen molar-refractivity contribution in [3.8, 4) is 0 Å². The van der Waals surface area contributed by atoms with Crippen LogP contribution in [-0.4, -0.2) is 30.3 Å². The number of hydrogen-bond acceptors (Lipinski definition) is 3. The second-order valence-corrected chi connectivity index (χ2v) is 4.63. The monoisotopic (exact) mass is 271 g/mol. The molecule has 0 aromatic heterocycles. The van der Waals surface area contributed by atoms with Gasteiger partial charge in [0.05, 0.1) is 11.7 Å². The Balaban J connectivity index is 2.10. The molecule has 1 aromatic rings. The summed E-state index contributed by atoms with van der Waals surface area (Å²) in [5.41, 5.74) is -0.692. The molecule has 2 rings (SSSR count). The first kappa shape index (κ1) is 13.7. The second kappa shape index (κ2) is 5.52. The summed E-state index contributed by atoms with van der Waals surface area (Å²) in [5.74, 6) is -2.96. The minimum absolute atomic E-state index is 0.0527. The zero-order chi connectivity index (χ0) is 14.0. The molecule has 0 radical (unpaired) electrons. The van der Waals surface area contributed by atoms with Gasteiger partial charge in [-0.15, -0.1) is 0 Å². The summed E-state index contributed by atoms with van der Waals surface area (Å²) < 4.78 is 32.7. The maximum Gasteiger partial charge on any atom is 0.335 e. The first-order chi connectivity index (χ1) is 8.99. The van der Waals surface area contributed by atoms with Crippen LogP contribution in [0.5, 0.6) is 0 Å². The number of ether oxygens (including phenoxy) is 1. The van der Waals surface area contributed by atoms with E-state index in [9.17, 15) is 13.6 Å². The van der Waals surface area contributed by atoms with Gasteiger partial charge in [0.15, 0.2) is 0 Å². The van der Waals surface area contributed by atoms with Gasteiger partial charge in [-0.1, -0.05) is 0 Å². The molecule has 2 N–H and O–H groups in total. The number of benzene rings is 1. The number of aromatic carboxylic acids is 1. The highest BCUT2D eigenvalue weighted by Gasteiger charge is 2.24. The van der Waals surface area contributed by atoms with Gasteiger partial charge in [0.1, 0.15) is 17.3 Å². The Morgan fingerprint density at radius 3 is 2.58 bits per heavy atom. The topological polar surface area (TPSA) is 58.6 Å². The molecule has 1 aliphatic heterocycles. The zero-order valence-corrected chi connectivity index (χ0v) is 10.5. The van der Waals surface area contributed by atoms with Crippen LogP contribution in [0, 0.1) is 17.6 Å². The van der Waals surface area contributed by atoms with Gasteiger partial charge in [0.25, 0.3) is 0 Å². The van der Waals surface area contributed by atoms with E-state index in [-0.39, 0.29) is 17.7 Å². The molecule has 104 valence electrons. The van der Waals surface area contributed by atoms with Crippen molar-refractivity contribution in [3.63, 3.8) is 0 Å². The molecule has 2 unspecified atom stereocenters. The van der Waals surface area contributed by atoms with Gasteiger partial charge in [0.2, 0.25) is 0 Å². The highest BCUT2D eigenvalue weighted by atomic mass is 19.1. The smallest absolute Gasteiger partial charge is 0.335 e. The van der Waals surface area contributed by atoms with Crippen molar-refractivity contribution < 1.29 is 23.4 Å². The Morgan fingerprint density at radius 2 is 2.11 bits per heavy atom. The van der Waals surface area contributed by atoms with Gasteiger partial charge in [-0.05, 0) is 25.5 Å². The molecule has 0 spiro atoms. The van der Waals surface area contributed by atoms with E-state index in [1.165, 1.54) is 0 Å². The average Bonchev–Trinajstić information content (AvgIpc) is 2.73. The number of halogens is 2. The molecule has 4 nitrogen and oxygen atoms in total. The van der Waals surface area contributed by atoms with Crippen molar-refractivity contribution >= 4 is 11.7 Å². The molecule has 2 atom stereocenters. The molecule has 0 amide bonds. The lowest BCUT2D eigenvalue weighted by atomic mass is 10.0. The molecule has 6 heteroatoms. The van der Waals surface area contributed by atoms with Crippen LogP contribution in [0.3, 0.4) is 0 Å². The van der Waals surface area contributed by atoms with Crippen LogP contribution >= 0.6 is 0 Å². The third-order valence-corrected chi connectivity index (χ3v) is 3.36. The Hall–Kier alpha value is -1.69. The van der Waals surface area contributed by atoms with Gasteiger partial charge in [-0.3, -0.25) is 0 Å². The summed E-state index contributed by atoms with van der Waals surface area (Å²) >= 11 is 0. The minimum atomic E-state index is -1.36. The molecule has 0 aliphatic carbocycles. The van der Waals surface area contributed by atoms with Crippen LogP contribution < -0.4 is 5.32 Å². The fourth-order valence-electron chi connectivity index (χ4n) is 2.14. The third kappa shape index (κ3) is 3.01. The summed E-state index contributed by atoms with van der Waals surface area (Å²) in [4.78, 5) is 10.7. The summed E-state index contributed by atoms with van der Waals surface area (Å²) in [5, 5.41) is 11.4. The lowest BCUT2D eigenvalue weighted by Gasteiger charge is -2.16. The Labute approximate surface area is 109 Å². The molecular formula is C13H15F2NO3. The Kier molecular flexibility index (Phi) is 3.99. The van der Waals surface area contributed by atoms with E-state index in [2.05, 4.69) is 5.32 Å². The SMILES string of the molecule is CC1OCCC1CNc1c(F)cc(C(=O)O)cc1F. The van der Waals surface area contributed by atoms with Gasteiger partial charge >= 0.3 is 5.97 Å². The van der Waals surface area contributed by atoms with Crippen LogP contribution in [-0.2, 0) is 4.74 Å². The first-order valence-electron chi connectivity index (χ1n) is 6.07. The lowest BCUT2D eigenvalue weighted by molar-refractivity contribution is 0.0696. The largest absolute Gasteiger partial charge is 0.478 e. The number of anilines is 1. The number of carboxylic acid groups (broad SMARTS) is 1. The molecule has 1 heterocycles. The molecule has 0 saturated carbocycles. The van der Waals surface area contributed by atoms with Crippen LogP contribution in [0.15, 0.2) is 12.1 Å². The predicted molar refractivity (Wildman–Crippen MR) is 65.3 cm³/mol. The maximum absolute atomic E-state index is 13.6. The van der Waals surface area contributed by atoms with Gasteiger partial charge in [0, 0.05) is 19.1 Å². The van der Waals surface area contributed by atoms with E-state index in [1.54, 1.807) is 0 Å². The van der Waals surface area contributed by atoms with Gasteiger partial charge in [-0.2, -0.15) is 0 Å². The first-order valence-corrected chi connectivity index (χ1v) is 6.07. The summed E-state index contributed by atoms with van der Waals surface area (Å²) in [6.45, 7) is 2.96. The average molecular weight is 271 g/mol. The van der Waals surface area contributed by atoms with E-state index in [0.29, 0.717) is 13.2 Å². The molecule has 19 heavy (non-hydrogen) atoms. The maximum atomic E-state index is 13.6. The van der Waals surface area contributed by atoms with Gasteiger partial charge in [-0.25, -0.2) is 13.6 Å². The number of carboxylic acids is 1. The summed E-state index contributed by atoms with van der Waals surface area (Å²) in [7, 11) is 0. The number of rotatable bonds is 4. The van der Waals surface area contributed by atoms with E-state index >= 15 is 0 Å². The minimum Gasteiger partial charge on any atom is -0.478 e. The fraction of sp³-hybridized carbons (Fsp3) is 0.462. The van der Waals surface area contributed by atoms with Crippen molar-refractivity contribution in [2.75, 3.05) is 18.5 Å². The quantitative estimate of drug-likeness (QED) is 0.883. The molecular weight excluding hydrogens is 256 g/mol. The molecule has 1 fully saturated rings. The summed E-state index contributed by atoms with van der Waals surface area (Å²) in [6.07, 6.45) is 0.891. The van der Waals surface area contributed by atoms with Crippen molar-refractivity contribution in [1.82, 2.24) is 0 Å². The van der Waals surface area contributed by atoms with E-state index in [4.69, 9.17) is 9.84 Å². The molecule has 1 aromatic carbocycles. The molecule has 1 saturated heterocycles. The van der Waals surface area contributed by atoms with E-state index < -0.39 is 23.2 Å². The zero-order valence-electron chi connectivity index (χ0n) is 10.5. The highest BCUT2D eigenvalue weighted by Crippen LogP contribution is 2.24. The van der Waals surface area contributed by atoms with Crippen molar-refractivity contribution in [2.45, 2.75) is 19.4 Å². The van der Waals surface area contributed by atoms with Crippen LogP contribution in [0.2, 0.25) is 0 Å². The van der Waals surface area contributed by atoms with E-state index in [0.717, 1.165) is 18.6 Å². The Bertz CT molecular complexity index is 470. The van der Waals surface area contributed by atoms with Crippen molar-refractivity contribution in [2.24, 2.45) is 5.92 Å². The van der Waals surface area contributed by atoms with Crippen molar-refractivity contribution in [3.05, 3.63) is 29.3 Å². The Morgan fingerprint density at radius 1 is 1.47 bits per heavy atom. The molecule has 1 aliphatic rings. The standard InChI is InChI=1S/C13H15F2NO3/c1-7-8(2-3-19-7)6-16-12-10(14)4-9(13(17)18)5-11(12)15/h4-5,7-8,16H,2-3,6H2,1H3,(H,17,18). The number of nitrogens with one attached hydrogen (secondary N) is 1. The third-order valence-electron chi connectivity index (χ3n) is 3.36. The van der Waals surface area contributed by atoms with E-state index in [1.807, 2.05) is 6.92 Å². The highest BCUT2D eigenvalue weighted by molar-refractivity contribution is 5.88. The fourth-order valence-corrected chi connectivity index (χ4v) is 2.14. The van der Waals surface area contributed by atoms with Gasteiger partial charge < -0.3 is 15.2 Å². The number of hydrogen-bond donors (Lipinski definition) is 2. The van der Waals surface area contributed by atoms with Crippen molar-refractivity contribution in [1.29, 1.82) is 0 Å². The van der Waals surface area contributed by atoms with Crippen LogP contribution in [0.1, 0.15) is 23.7 Å². The molecule has 0 bridgehead atoms. The normalized spacial score (nSPS) is 22.5. The second-order valence-electron chi connectivity index (χ2n) is 4.63. The summed E-state index contributed by atoms with van der Waals surface area (Å²) in [6, 6.07) is 1.62. The van der Waals surface area contributed by atoms with Crippen LogP contribution in [0.25, 0.3) is 0 Å². The predicted octanol–water partition coefficient (Wildman–Crippen LogP) is 2.50. The number of carbonyl (C=O) groups is 1.